The largest absolute Gasteiger partial charge is 0.495 e. The monoisotopic (exact) mass is 535 g/mol. The number of hydrogen-bond donors (Lipinski definition) is 0. The smallest absolute Gasteiger partial charge is 0.254 e. The van der Waals surface area contributed by atoms with Gasteiger partial charge >= 0.3 is 0 Å². The molecule has 194 valence electrons. The van der Waals surface area contributed by atoms with Gasteiger partial charge in [0.05, 0.1) is 38.5 Å². The van der Waals surface area contributed by atoms with Crippen molar-refractivity contribution in [2.75, 3.05) is 34.4 Å². The first-order chi connectivity index (χ1) is 17.0. The Labute approximate surface area is 216 Å². The molecular weight excluding hydrogens is 506 g/mol. The molecule has 9 nitrogen and oxygen atoms in total. The highest BCUT2D eigenvalue weighted by Crippen LogP contribution is 2.38. The molecule has 0 saturated carbocycles. The fraction of sp³-hybridized carbons (Fsp3) is 0.440. The number of ether oxygens (including phenoxy) is 3. The van der Waals surface area contributed by atoms with Crippen molar-refractivity contribution in [1.82, 2.24) is 9.31 Å². The van der Waals surface area contributed by atoms with E-state index < -0.39 is 15.4 Å². The molecule has 0 spiro atoms. The predicted molar refractivity (Wildman–Crippen MR) is 136 cm³/mol. The SMILES string of the molecule is COc1ccc(C2=NN(C3CCN(S(=O)(=O)c4cc(Cl)ccc4OC)CC3)C(=O)C2(C)C)cc1OC. The topological polar surface area (TPSA) is 97.7 Å². The summed E-state index contributed by atoms with van der Waals surface area (Å²) in [6.07, 6.45) is 0.902. The van der Waals surface area contributed by atoms with Crippen LogP contribution in [0.2, 0.25) is 5.02 Å². The summed E-state index contributed by atoms with van der Waals surface area (Å²) in [5.74, 6) is 1.26. The number of methoxy groups -OCH3 is 3. The lowest BCUT2D eigenvalue weighted by atomic mass is 9.83. The van der Waals surface area contributed by atoms with Crippen LogP contribution in [0.1, 0.15) is 32.3 Å². The van der Waals surface area contributed by atoms with Gasteiger partial charge in [0.15, 0.2) is 11.5 Å². The number of sulfonamides is 1. The van der Waals surface area contributed by atoms with Gasteiger partial charge in [0, 0.05) is 23.7 Å². The summed E-state index contributed by atoms with van der Waals surface area (Å²) in [5.41, 5.74) is 0.547. The van der Waals surface area contributed by atoms with Crippen LogP contribution >= 0.6 is 11.6 Å². The lowest BCUT2D eigenvalue weighted by molar-refractivity contribution is -0.137. The Bertz CT molecular complexity index is 1300. The minimum atomic E-state index is -3.82. The van der Waals surface area contributed by atoms with Gasteiger partial charge in [0.25, 0.3) is 5.91 Å². The van der Waals surface area contributed by atoms with Crippen molar-refractivity contribution in [3.63, 3.8) is 0 Å². The second kappa shape index (κ2) is 9.91. The highest BCUT2D eigenvalue weighted by molar-refractivity contribution is 7.89. The quantitative estimate of drug-likeness (QED) is 0.535. The molecule has 0 unspecified atom stereocenters. The Morgan fingerprint density at radius 2 is 1.56 bits per heavy atom. The first-order valence-corrected chi connectivity index (χ1v) is 13.3. The summed E-state index contributed by atoms with van der Waals surface area (Å²) in [4.78, 5) is 13.4. The number of benzene rings is 2. The van der Waals surface area contributed by atoms with Crippen LogP contribution in [0.15, 0.2) is 46.4 Å². The van der Waals surface area contributed by atoms with E-state index in [9.17, 15) is 13.2 Å². The summed E-state index contributed by atoms with van der Waals surface area (Å²) >= 11 is 6.06. The van der Waals surface area contributed by atoms with Crippen LogP contribution in [0.4, 0.5) is 0 Å². The number of rotatable bonds is 7. The van der Waals surface area contributed by atoms with Gasteiger partial charge in [-0.3, -0.25) is 4.79 Å². The Hall–Kier alpha value is -2.82. The minimum Gasteiger partial charge on any atom is -0.495 e. The fourth-order valence-corrected chi connectivity index (χ4v) is 6.52. The van der Waals surface area contributed by atoms with Gasteiger partial charge in [-0.25, -0.2) is 13.4 Å². The molecule has 2 heterocycles. The van der Waals surface area contributed by atoms with Crippen molar-refractivity contribution in [3.8, 4) is 17.2 Å². The third kappa shape index (κ3) is 4.53. The summed E-state index contributed by atoms with van der Waals surface area (Å²) in [6.45, 7) is 4.17. The van der Waals surface area contributed by atoms with Crippen LogP contribution in [-0.4, -0.2) is 69.8 Å². The van der Waals surface area contributed by atoms with Gasteiger partial charge in [-0.05, 0) is 63.1 Å². The van der Waals surface area contributed by atoms with Gasteiger partial charge in [0.1, 0.15) is 10.6 Å². The van der Waals surface area contributed by atoms with Gasteiger partial charge in [-0.2, -0.15) is 9.41 Å². The fourth-order valence-electron chi connectivity index (χ4n) is 4.63. The molecule has 1 fully saturated rings. The number of piperidine rings is 1. The van der Waals surface area contributed by atoms with Crippen LogP contribution in [-0.2, 0) is 14.8 Å². The first-order valence-electron chi connectivity index (χ1n) is 11.5. The molecule has 0 N–H and O–H groups in total. The van der Waals surface area contributed by atoms with Crippen molar-refractivity contribution in [2.24, 2.45) is 10.5 Å². The van der Waals surface area contributed by atoms with Gasteiger partial charge in [-0.15, -0.1) is 0 Å². The molecule has 2 aromatic rings. The van der Waals surface area contributed by atoms with E-state index in [1.165, 1.54) is 28.6 Å². The summed E-state index contributed by atoms with van der Waals surface area (Å²) in [6, 6.07) is 9.75. The van der Waals surface area contributed by atoms with Gasteiger partial charge in [0.2, 0.25) is 10.0 Å². The number of hydrogen-bond acceptors (Lipinski definition) is 7. The number of amides is 1. The molecule has 2 aliphatic heterocycles. The third-order valence-corrected chi connectivity index (χ3v) is 8.87. The van der Waals surface area contributed by atoms with Crippen LogP contribution in [0.25, 0.3) is 0 Å². The van der Waals surface area contributed by atoms with Crippen LogP contribution in [0, 0.1) is 5.41 Å². The number of nitrogens with zero attached hydrogens (tertiary/aromatic N) is 3. The zero-order valence-electron chi connectivity index (χ0n) is 20.9. The number of carbonyl (C=O) groups is 1. The maximum absolute atomic E-state index is 13.4. The molecule has 0 aromatic heterocycles. The number of carbonyl (C=O) groups excluding carboxylic acids is 1. The van der Waals surface area contributed by atoms with E-state index >= 15 is 0 Å². The second-order valence-electron chi connectivity index (χ2n) is 9.22. The molecule has 4 rings (SSSR count). The molecule has 1 saturated heterocycles. The maximum atomic E-state index is 13.4. The van der Waals surface area contributed by atoms with Crippen LogP contribution in [0.3, 0.4) is 0 Å². The van der Waals surface area contributed by atoms with Crippen molar-refractivity contribution >= 4 is 33.2 Å². The Balaban J connectivity index is 1.56. The maximum Gasteiger partial charge on any atom is 0.254 e. The van der Waals surface area contributed by atoms with Crippen LogP contribution < -0.4 is 14.2 Å². The standard InChI is InChI=1S/C25H30ClN3O6S/c1-25(2)23(16-6-8-19(33-3)21(14-16)35-5)27-29(24(25)30)18-10-12-28(13-11-18)36(31,32)22-15-17(26)7-9-20(22)34-4/h6-9,14-15,18H,10-13H2,1-5H3. The molecule has 0 bridgehead atoms. The van der Waals surface area contributed by atoms with E-state index in [4.69, 9.17) is 30.9 Å². The number of halogens is 1. The highest BCUT2D eigenvalue weighted by Gasteiger charge is 2.47. The van der Waals surface area contributed by atoms with Crippen molar-refractivity contribution in [2.45, 2.75) is 37.6 Å². The Morgan fingerprint density at radius 3 is 2.17 bits per heavy atom. The molecule has 2 aromatic carbocycles. The molecule has 11 heteroatoms. The highest BCUT2D eigenvalue weighted by atomic mass is 35.5. The van der Waals surface area contributed by atoms with Gasteiger partial charge < -0.3 is 14.2 Å². The zero-order chi connectivity index (χ0) is 26.3. The lowest BCUT2D eigenvalue weighted by Crippen LogP contribution is -2.47. The predicted octanol–water partition coefficient (Wildman–Crippen LogP) is 3.79. The molecule has 0 atom stereocenters. The first kappa shape index (κ1) is 26.2. The average molecular weight is 536 g/mol. The van der Waals surface area contributed by atoms with Crippen molar-refractivity contribution < 1.29 is 27.4 Å². The van der Waals surface area contributed by atoms with Crippen molar-refractivity contribution in [3.05, 3.63) is 47.0 Å². The van der Waals surface area contributed by atoms with Gasteiger partial charge in [-0.1, -0.05) is 11.6 Å². The normalized spacial score (nSPS) is 18.8. The Kier molecular flexibility index (Phi) is 7.23. The summed E-state index contributed by atoms with van der Waals surface area (Å²) in [7, 11) is 0.721. The number of hydrazone groups is 1. The van der Waals surface area contributed by atoms with E-state index in [1.807, 2.05) is 26.0 Å². The molecule has 36 heavy (non-hydrogen) atoms. The van der Waals surface area contributed by atoms with E-state index in [2.05, 4.69) is 0 Å². The lowest BCUT2D eigenvalue weighted by Gasteiger charge is -2.35. The minimum absolute atomic E-state index is 0.0306. The van der Waals surface area contributed by atoms with E-state index in [-0.39, 0.29) is 35.7 Å². The average Bonchev–Trinajstić information content (AvgIpc) is 3.12. The van der Waals surface area contributed by atoms with E-state index in [0.29, 0.717) is 35.1 Å². The van der Waals surface area contributed by atoms with E-state index in [0.717, 1.165) is 5.56 Å². The second-order valence-corrected chi connectivity index (χ2v) is 11.6. The molecular formula is C25H30ClN3O6S. The summed E-state index contributed by atoms with van der Waals surface area (Å²) in [5, 5.41) is 6.56. The summed E-state index contributed by atoms with van der Waals surface area (Å²) < 4.78 is 44.0. The molecule has 1 amide bonds. The zero-order valence-corrected chi connectivity index (χ0v) is 22.5. The van der Waals surface area contributed by atoms with Crippen molar-refractivity contribution in [1.29, 1.82) is 0 Å². The van der Waals surface area contributed by atoms with E-state index in [1.54, 1.807) is 26.4 Å². The third-order valence-electron chi connectivity index (χ3n) is 6.71. The Morgan fingerprint density at radius 1 is 0.944 bits per heavy atom. The molecule has 0 radical (unpaired) electrons. The molecule has 0 aliphatic carbocycles. The molecule has 2 aliphatic rings. The van der Waals surface area contributed by atoms with Crippen LogP contribution in [0.5, 0.6) is 17.2 Å².